The number of nitrogens with zero attached hydrogens (tertiary/aromatic N) is 4. The van der Waals surface area contributed by atoms with E-state index < -0.39 is 5.82 Å². The van der Waals surface area contributed by atoms with Gasteiger partial charge in [0.1, 0.15) is 5.82 Å². The molecule has 3 rings (SSSR count). The SMILES string of the molecule is CCn1c(SCC(=O)N/N=C/c2c(F)cccc2Cl)nnc1-c1ccccc1. The molecule has 1 heterocycles. The van der Waals surface area contributed by atoms with Gasteiger partial charge < -0.3 is 4.57 Å². The number of nitrogens with one attached hydrogen (secondary N) is 1. The number of hydrazone groups is 1. The van der Waals surface area contributed by atoms with E-state index in [1.807, 2.05) is 41.8 Å². The third-order valence-corrected chi connectivity index (χ3v) is 5.08. The molecule has 0 saturated heterocycles. The molecule has 0 fully saturated rings. The van der Waals surface area contributed by atoms with Gasteiger partial charge in [0.25, 0.3) is 5.91 Å². The number of carbonyl (C=O) groups excluding carboxylic acids is 1. The maximum absolute atomic E-state index is 13.7. The largest absolute Gasteiger partial charge is 0.302 e. The standard InChI is InChI=1S/C19H17ClFN5OS/c1-2-26-18(13-7-4-3-5-8-13)24-25-19(26)28-12-17(27)23-22-11-14-15(20)9-6-10-16(14)21/h3-11H,2,12H2,1H3,(H,23,27)/b22-11+. The van der Waals surface area contributed by atoms with Gasteiger partial charge in [0.15, 0.2) is 11.0 Å². The minimum absolute atomic E-state index is 0.0925. The Morgan fingerprint density at radius 3 is 2.75 bits per heavy atom. The Morgan fingerprint density at radius 2 is 2.04 bits per heavy atom. The van der Waals surface area contributed by atoms with Crippen LogP contribution in [0.15, 0.2) is 58.8 Å². The van der Waals surface area contributed by atoms with Gasteiger partial charge in [-0.05, 0) is 19.1 Å². The first-order valence-electron chi connectivity index (χ1n) is 8.47. The fourth-order valence-electron chi connectivity index (χ4n) is 2.45. The molecule has 0 unspecified atom stereocenters. The van der Waals surface area contributed by atoms with Gasteiger partial charge in [-0.2, -0.15) is 5.10 Å². The van der Waals surface area contributed by atoms with Crippen molar-refractivity contribution >= 4 is 35.5 Å². The lowest BCUT2D eigenvalue weighted by atomic mass is 10.2. The van der Waals surface area contributed by atoms with Gasteiger partial charge in [-0.15, -0.1) is 10.2 Å². The molecule has 1 N–H and O–H groups in total. The summed E-state index contributed by atoms with van der Waals surface area (Å²) in [4.78, 5) is 12.0. The molecule has 144 valence electrons. The Morgan fingerprint density at radius 1 is 1.25 bits per heavy atom. The summed E-state index contributed by atoms with van der Waals surface area (Å²) in [5, 5.41) is 13.0. The Bertz CT molecular complexity index is 973. The molecule has 3 aromatic rings. The maximum Gasteiger partial charge on any atom is 0.250 e. The minimum atomic E-state index is -0.510. The molecule has 1 amide bonds. The summed E-state index contributed by atoms with van der Waals surface area (Å²) >= 11 is 7.16. The van der Waals surface area contributed by atoms with Crippen molar-refractivity contribution < 1.29 is 9.18 Å². The predicted molar refractivity (Wildman–Crippen MR) is 109 cm³/mol. The Hall–Kier alpha value is -2.71. The Labute approximate surface area is 170 Å². The number of thioether (sulfide) groups is 1. The monoisotopic (exact) mass is 417 g/mol. The molecule has 6 nitrogen and oxygen atoms in total. The normalized spacial score (nSPS) is 11.1. The second kappa shape index (κ2) is 9.48. The van der Waals surface area contributed by atoms with Crippen LogP contribution in [-0.4, -0.2) is 32.6 Å². The van der Waals surface area contributed by atoms with Crippen LogP contribution in [0.2, 0.25) is 5.02 Å². The molecule has 0 aliphatic heterocycles. The quantitative estimate of drug-likeness (QED) is 0.358. The number of amides is 1. The first-order valence-corrected chi connectivity index (χ1v) is 9.83. The van der Waals surface area contributed by atoms with E-state index in [9.17, 15) is 9.18 Å². The molecular formula is C19H17ClFN5OS. The summed E-state index contributed by atoms with van der Waals surface area (Å²) in [6.45, 7) is 2.66. The molecule has 1 aromatic heterocycles. The van der Waals surface area contributed by atoms with Gasteiger partial charge in [0.05, 0.1) is 17.0 Å². The molecule has 0 radical (unpaired) electrons. The van der Waals surface area contributed by atoms with Crippen molar-refractivity contribution in [1.29, 1.82) is 0 Å². The summed E-state index contributed by atoms with van der Waals surface area (Å²) in [6.07, 6.45) is 1.18. The smallest absolute Gasteiger partial charge is 0.250 e. The zero-order valence-electron chi connectivity index (χ0n) is 15.0. The van der Waals surface area contributed by atoms with Crippen LogP contribution in [0, 0.1) is 5.82 Å². The first kappa shape index (κ1) is 20.0. The van der Waals surface area contributed by atoms with Crippen LogP contribution in [0.4, 0.5) is 4.39 Å². The van der Waals surface area contributed by atoms with Crippen molar-refractivity contribution in [1.82, 2.24) is 20.2 Å². The fraction of sp³-hybridized carbons (Fsp3) is 0.158. The number of hydrogen-bond donors (Lipinski definition) is 1. The van der Waals surface area contributed by atoms with Gasteiger partial charge in [0.2, 0.25) is 0 Å². The summed E-state index contributed by atoms with van der Waals surface area (Å²) < 4.78 is 15.6. The van der Waals surface area contributed by atoms with Crippen LogP contribution in [0.5, 0.6) is 0 Å². The molecule has 0 atom stereocenters. The first-order chi connectivity index (χ1) is 13.6. The fourth-order valence-corrected chi connectivity index (χ4v) is 3.45. The lowest BCUT2D eigenvalue weighted by molar-refractivity contribution is -0.118. The van der Waals surface area contributed by atoms with Crippen molar-refractivity contribution in [2.24, 2.45) is 5.10 Å². The van der Waals surface area contributed by atoms with E-state index in [4.69, 9.17) is 11.6 Å². The van der Waals surface area contributed by atoms with Gasteiger partial charge in [-0.3, -0.25) is 4.79 Å². The summed E-state index contributed by atoms with van der Waals surface area (Å²) in [5.74, 6) is -0.0156. The highest BCUT2D eigenvalue weighted by molar-refractivity contribution is 7.99. The van der Waals surface area contributed by atoms with Gasteiger partial charge in [0, 0.05) is 17.7 Å². The van der Waals surface area contributed by atoms with E-state index >= 15 is 0 Å². The van der Waals surface area contributed by atoms with Crippen LogP contribution in [0.25, 0.3) is 11.4 Å². The lowest BCUT2D eigenvalue weighted by Gasteiger charge is -2.07. The molecular weight excluding hydrogens is 401 g/mol. The topological polar surface area (TPSA) is 72.2 Å². The van der Waals surface area contributed by atoms with Crippen LogP contribution >= 0.6 is 23.4 Å². The predicted octanol–water partition coefficient (Wildman–Crippen LogP) is 4.00. The average molecular weight is 418 g/mol. The molecule has 0 spiro atoms. The molecule has 28 heavy (non-hydrogen) atoms. The number of halogens is 2. The van der Waals surface area contributed by atoms with Gasteiger partial charge in [-0.1, -0.05) is 59.8 Å². The van der Waals surface area contributed by atoms with E-state index in [1.165, 1.54) is 30.1 Å². The summed E-state index contributed by atoms with van der Waals surface area (Å²) in [5.41, 5.74) is 3.44. The van der Waals surface area contributed by atoms with Crippen LogP contribution in [-0.2, 0) is 11.3 Å². The Kier molecular flexibility index (Phi) is 6.78. The van der Waals surface area contributed by atoms with Crippen molar-refractivity contribution in [3.8, 4) is 11.4 Å². The van der Waals surface area contributed by atoms with Crippen LogP contribution < -0.4 is 5.43 Å². The summed E-state index contributed by atoms with van der Waals surface area (Å²) in [7, 11) is 0. The van der Waals surface area contributed by atoms with Crippen molar-refractivity contribution in [2.75, 3.05) is 5.75 Å². The van der Waals surface area contributed by atoms with E-state index in [2.05, 4.69) is 20.7 Å². The van der Waals surface area contributed by atoms with Crippen molar-refractivity contribution in [3.63, 3.8) is 0 Å². The van der Waals surface area contributed by atoms with Crippen molar-refractivity contribution in [2.45, 2.75) is 18.6 Å². The molecule has 0 aliphatic rings. The van der Waals surface area contributed by atoms with E-state index in [1.54, 1.807) is 6.07 Å². The number of aromatic nitrogens is 3. The molecule has 9 heteroatoms. The van der Waals surface area contributed by atoms with Gasteiger partial charge >= 0.3 is 0 Å². The number of hydrogen-bond acceptors (Lipinski definition) is 5. The lowest BCUT2D eigenvalue weighted by Crippen LogP contribution is -2.20. The molecule has 0 aliphatic carbocycles. The second-order valence-electron chi connectivity index (χ2n) is 5.63. The van der Waals surface area contributed by atoms with Gasteiger partial charge in [-0.25, -0.2) is 9.82 Å². The van der Waals surface area contributed by atoms with Crippen molar-refractivity contribution in [3.05, 3.63) is 64.9 Å². The van der Waals surface area contributed by atoms with E-state index in [-0.39, 0.29) is 22.2 Å². The third-order valence-electron chi connectivity index (χ3n) is 3.78. The zero-order valence-corrected chi connectivity index (χ0v) is 16.5. The Balaban J connectivity index is 1.61. The number of rotatable bonds is 7. The molecule has 2 aromatic carbocycles. The van der Waals surface area contributed by atoms with Crippen LogP contribution in [0.1, 0.15) is 12.5 Å². The average Bonchev–Trinajstić information content (AvgIpc) is 3.12. The molecule has 0 bridgehead atoms. The second-order valence-corrected chi connectivity index (χ2v) is 6.98. The third kappa shape index (κ3) is 4.76. The van der Waals surface area contributed by atoms with Crippen LogP contribution in [0.3, 0.4) is 0 Å². The molecule has 0 saturated carbocycles. The van der Waals surface area contributed by atoms with E-state index in [0.29, 0.717) is 11.7 Å². The highest BCUT2D eigenvalue weighted by Crippen LogP contribution is 2.23. The minimum Gasteiger partial charge on any atom is -0.302 e. The maximum atomic E-state index is 13.7. The highest BCUT2D eigenvalue weighted by atomic mass is 35.5. The number of carbonyl (C=O) groups is 1. The zero-order chi connectivity index (χ0) is 19.9. The van der Waals surface area contributed by atoms with E-state index in [0.717, 1.165) is 11.4 Å². The summed E-state index contributed by atoms with van der Waals surface area (Å²) in [6, 6.07) is 14.0. The highest BCUT2D eigenvalue weighted by Gasteiger charge is 2.14. The number of benzene rings is 2.